The Bertz CT molecular complexity index is 139. The summed E-state index contributed by atoms with van der Waals surface area (Å²) in [5, 5.41) is 2.83. The Kier molecular flexibility index (Phi) is 0.749. The average Bonchev–Trinajstić information content (AvgIpc) is 1.87. The predicted molar refractivity (Wildman–Crippen MR) is 26.4 cm³/mol. The van der Waals surface area contributed by atoms with Crippen LogP contribution in [0.15, 0.2) is 12.3 Å². The molecule has 0 aliphatic rings. The molecule has 0 saturated carbocycles. The number of aromatic amines is 1. The van der Waals surface area contributed by atoms with E-state index in [0.29, 0.717) is 5.82 Å². The maximum Gasteiger partial charge on any atom is 0.197 e. The summed E-state index contributed by atoms with van der Waals surface area (Å²) in [4.78, 5) is 0. The van der Waals surface area contributed by atoms with E-state index in [2.05, 4.69) is 5.10 Å². The van der Waals surface area contributed by atoms with Crippen molar-refractivity contribution in [2.24, 2.45) is 7.05 Å². The van der Waals surface area contributed by atoms with Gasteiger partial charge in [0.05, 0.1) is 0 Å². The van der Waals surface area contributed by atoms with Crippen LogP contribution in [0.1, 0.15) is 0 Å². The van der Waals surface area contributed by atoms with Crippen molar-refractivity contribution in [3.63, 3.8) is 0 Å². The molecule has 38 valence electrons. The van der Waals surface area contributed by atoms with Crippen LogP contribution in [0.3, 0.4) is 0 Å². The Balaban J connectivity index is 3.04. The van der Waals surface area contributed by atoms with Crippen LogP contribution in [0.5, 0.6) is 0 Å². The van der Waals surface area contributed by atoms with E-state index in [9.17, 15) is 0 Å². The van der Waals surface area contributed by atoms with Crippen molar-refractivity contribution in [1.82, 2.24) is 5.10 Å². The van der Waals surface area contributed by atoms with E-state index < -0.39 is 0 Å². The number of nitrogens with two attached hydrogens (primary N) is 1. The van der Waals surface area contributed by atoms with Gasteiger partial charge in [-0.15, -0.1) is 9.78 Å². The first kappa shape index (κ1) is 4.18. The Morgan fingerprint density at radius 3 is 2.71 bits per heavy atom. The van der Waals surface area contributed by atoms with Gasteiger partial charge in [-0.2, -0.15) is 0 Å². The summed E-state index contributed by atoms with van der Waals surface area (Å²) in [6, 6.07) is 1.81. The van der Waals surface area contributed by atoms with Crippen molar-refractivity contribution >= 4 is 5.82 Å². The molecule has 3 nitrogen and oxygen atoms in total. The summed E-state index contributed by atoms with van der Waals surface area (Å²) in [7, 11) is 1.89. The standard InChI is InChI=1S/C4H7N3/c1-7-3-2-4(5)6-7/h2-3H,1H3,(H2,5,6)/p+1. The number of hydrogen-bond acceptors (Lipinski definition) is 1. The molecule has 1 rings (SSSR count). The number of hydrogen-bond donors (Lipinski definition) is 2. The third kappa shape index (κ3) is 0.707. The second-order valence-corrected chi connectivity index (χ2v) is 1.49. The Morgan fingerprint density at radius 1 is 1.86 bits per heavy atom. The summed E-state index contributed by atoms with van der Waals surface area (Å²) in [6.45, 7) is 0. The molecule has 3 heteroatoms. The number of anilines is 1. The predicted octanol–water partition coefficient (Wildman–Crippen LogP) is -0.579. The van der Waals surface area contributed by atoms with Gasteiger partial charge in [0.25, 0.3) is 0 Å². The summed E-state index contributed by atoms with van der Waals surface area (Å²) in [5.74, 6) is 0.697. The van der Waals surface area contributed by atoms with Gasteiger partial charge in [0.15, 0.2) is 19.1 Å². The highest BCUT2D eigenvalue weighted by Crippen LogP contribution is 1.84. The molecule has 0 aliphatic carbocycles. The molecular formula is C4H8N3+. The fourth-order valence-corrected chi connectivity index (χ4v) is 0.470. The maximum atomic E-state index is 5.30. The lowest BCUT2D eigenvalue weighted by Gasteiger charge is -1.72. The quantitative estimate of drug-likeness (QED) is 0.419. The van der Waals surface area contributed by atoms with Gasteiger partial charge in [0.2, 0.25) is 0 Å². The fraction of sp³-hybridized carbons (Fsp3) is 0.250. The van der Waals surface area contributed by atoms with Gasteiger partial charge in [-0.3, -0.25) is 0 Å². The average molecular weight is 98.1 g/mol. The maximum absolute atomic E-state index is 5.30. The molecule has 0 atom stereocenters. The summed E-state index contributed by atoms with van der Waals surface area (Å²) < 4.78 is 1.79. The van der Waals surface area contributed by atoms with Gasteiger partial charge < -0.3 is 5.73 Å². The van der Waals surface area contributed by atoms with Gasteiger partial charge >= 0.3 is 0 Å². The summed E-state index contributed by atoms with van der Waals surface area (Å²) in [6.07, 6.45) is 1.86. The van der Waals surface area contributed by atoms with Crippen molar-refractivity contribution in [3.05, 3.63) is 12.3 Å². The largest absolute Gasteiger partial charge is 0.381 e. The zero-order valence-corrected chi connectivity index (χ0v) is 4.18. The summed E-state index contributed by atoms with van der Waals surface area (Å²) in [5.41, 5.74) is 5.30. The monoisotopic (exact) mass is 98.1 g/mol. The number of aromatic nitrogens is 2. The highest BCUT2D eigenvalue weighted by Gasteiger charge is 1.89. The van der Waals surface area contributed by atoms with Crippen LogP contribution in [0, 0.1) is 0 Å². The first-order chi connectivity index (χ1) is 3.29. The van der Waals surface area contributed by atoms with Crippen molar-refractivity contribution in [3.8, 4) is 0 Å². The zero-order valence-electron chi connectivity index (χ0n) is 4.18. The molecule has 0 saturated heterocycles. The van der Waals surface area contributed by atoms with Gasteiger partial charge in [0, 0.05) is 6.07 Å². The van der Waals surface area contributed by atoms with Crippen molar-refractivity contribution in [2.45, 2.75) is 0 Å². The first-order valence-electron chi connectivity index (χ1n) is 2.09. The third-order valence-electron chi connectivity index (χ3n) is 0.783. The van der Waals surface area contributed by atoms with Crippen LogP contribution in [-0.2, 0) is 7.05 Å². The Labute approximate surface area is 41.7 Å². The van der Waals surface area contributed by atoms with E-state index >= 15 is 0 Å². The lowest BCUT2D eigenvalue weighted by atomic mass is 10.7. The van der Waals surface area contributed by atoms with Crippen molar-refractivity contribution in [2.75, 3.05) is 5.73 Å². The normalized spacial score (nSPS) is 9.29. The number of nitrogens with zero attached hydrogens (tertiary/aromatic N) is 1. The molecule has 0 bridgehead atoms. The van der Waals surface area contributed by atoms with Gasteiger partial charge in [-0.25, -0.2) is 0 Å². The van der Waals surface area contributed by atoms with Gasteiger partial charge in [-0.1, -0.05) is 0 Å². The molecule has 1 aromatic rings. The molecular weight excluding hydrogens is 90.1 g/mol. The number of rotatable bonds is 0. The minimum Gasteiger partial charge on any atom is -0.381 e. The van der Waals surface area contributed by atoms with E-state index in [4.69, 9.17) is 5.73 Å². The molecule has 0 amide bonds. The highest BCUT2D eigenvalue weighted by molar-refractivity contribution is 5.20. The second kappa shape index (κ2) is 1.26. The first-order valence-corrected chi connectivity index (χ1v) is 2.09. The van der Waals surface area contributed by atoms with Gasteiger partial charge in [0.1, 0.15) is 0 Å². The van der Waals surface area contributed by atoms with Crippen LogP contribution in [-0.4, -0.2) is 5.10 Å². The number of nitrogens with one attached hydrogen (secondary N) is 1. The van der Waals surface area contributed by atoms with Crippen molar-refractivity contribution in [1.29, 1.82) is 0 Å². The van der Waals surface area contributed by atoms with E-state index in [-0.39, 0.29) is 0 Å². The fourth-order valence-electron chi connectivity index (χ4n) is 0.470. The minimum atomic E-state index is 0.697. The summed E-state index contributed by atoms with van der Waals surface area (Å²) >= 11 is 0. The molecule has 7 heavy (non-hydrogen) atoms. The minimum absolute atomic E-state index is 0.697. The topological polar surface area (TPSA) is 45.7 Å². The molecule has 0 aliphatic heterocycles. The molecule has 0 aromatic carbocycles. The number of aryl methyl sites for hydroxylation is 1. The van der Waals surface area contributed by atoms with Gasteiger partial charge in [-0.05, 0) is 0 Å². The second-order valence-electron chi connectivity index (χ2n) is 1.49. The zero-order chi connectivity index (χ0) is 5.28. The van der Waals surface area contributed by atoms with E-state index in [1.165, 1.54) is 0 Å². The highest BCUT2D eigenvalue weighted by atomic mass is 15.3. The van der Waals surface area contributed by atoms with Crippen LogP contribution in [0.4, 0.5) is 5.82 Å². The number of nitrogen functional groups attached to an aromatic ring is 1. The lowest BCUT2D eigenvalue weighted by molar-refractivity contribution is -0.725. The van der Waals surface area contributed by atoms with Crippen LogP contribution in [0.25, 0.3) is 0 Å². The molecule has 0 unspecified atom stereocenters. The molecule has 0 fully saturated rings. The SMILES string of the molecule is C[n+]1ccc(N)[nH]1. The van der Waals surface area contributed by atoms with E-state index in [1.807, 2.05) is 13.2 Å². The molecule has 1 aromatic heterocycles. The Morgan fingerprint density at radius 2 is 2.57 bits per heavy atom. The molecule has 1 heterocycles. The Hall–Kier alpha value is -0.990. The smallest absolute Gasteiger partial charge is 0.197 e. The van der Waals surface area contributed by atoms with Crippen LogP contribution < -0.4 is 10.4 Å². The molecule has 3 N–H and O–H groups in total. The lowest BCUT2D eigenvalue weighted by Crippen LogP contribution is -2.28. The van der Waals surface area contributed by atoms with Crippen LogP contribution in [0.2, 0.25) is 0 Å². The van der Waals surface area contributed by atoms with Crippen molar-refractivity contribution < 1.29 is 4.68 Å². The number of H-pyrrole nitrogens is 1. The van der Waals surface area contributed by atoms with Crippen LogP contribution >= 0.6 is 0 Å². The molecule has 0 radical (unpaired) electrons. The molecule has 0 spiro atoms. The third-order valence-corrected chi connectivity index (χ3v) is 0.783. The van der Waals surface area contributed by atoms with E-state index in [1.54, 1.807) is 10.7 Å². The van der Waals surface area contributed by atoms with E-state index in [0.717, 1.165) is 0 Å².